The summed E-state index contributed by atoms with van der Waals surface area (Å²) < 4.78 is 22.4. The van der Waals surface area contributed by atoms with E-state index in [1.165, 1.54) is 6.08 Å². The SMILES string of the molecule is C[C@@]1(O)CC[C@@H]2C(C(=O)O)=CO[C@@H](O[C@@H]3O[C@H](CO)[C@@H](O)[C@H](O)[C@H]3OC(=O)/C=C/c3ccccc3)[C@@H]21. The van der Waals surface area contributed by atoms with Crippen molar-refractivity contribution in [1.82, 2.24) is 0 Å². The van der Waals surface area contributed by atoms with Gasteiger partial charge in [-0.25, -0.2) is 9.59 Å². The molecular formula is C25H30O11. The van der Waals surface area contributed by atoms with E-state index in [1.807, 2.05) is 6.07 Å². The zero-order valence-corrected chi connectivity index (χ0v) is 19.5. The van der Waals surface area contributed by atoms with Gasteiger partial charge in [-0.15, -0.1) is 0 Å². The lowest BCUT2D eigenvalue weighted by molar-refractivity contribution is -0.346. The van der Waals surface area contributed by atoms with Crippen LogP contribution in [0.4, 0.5) is 0 Å². The summed E-state index contributed by atoms with van der Waals surface area (Å²) in [5, 5.41) is 51.1. The van der Waals surface area contributed by atoms with Gasteiger partial charge in [0.1, 0.15) is 18.3 Å². The number of aliphatic hydroxyl groups excluding tert-OH is 3. The van der Waals surface area contributed by atoms with E-state index in [0.29, 0.717) is 12.8 Å². The lowest BCUT2D eigenvalue weighted by Gasteiger charge is -2.44. The van der Waals surface area contributed by atoms with Crippen molar-refractivity contribution in [1.29, 1.82) is 0 Å². The van der Waals surface area contributed by atoms with Crippen LogP contribution in [0.5, 0.6) is 0 Å². The number of esters is 1. The van der Waals surface area contributed by atoms with Gasteiger partial charge < -0.3 is 44.5 Å². The molecule has 1 aliphatic carbocycles. The normalized spacial score (nSPS) is 38.2. The molecule has 0 aromatic heterocycles. The fourth-order valence-corrected chi connectivity index (χ4v) is 5.02. The molecule has 5 N–H and O–H groups in total. The van der Waals surface area contributed by atoms with Crippen LogP contribution in [0.1, 0.15) is 25.3 Å². The average Bonchev–Trinajstić information content (AvgIpc) is 3.18. The maximum Gasteiger partial charge on any atom is 0.334 e. The Morgan fingerprint density at radius 2 is 1.89 bits per heavy atom. The second-order valence-electron chi connectivity index (χ2n) is 9.40. The predicted molar refractivity (Wildman–Crippen MR) is 122 cm³/mol. The van der Waals surface area contributed by atoms with Gasteiger partial charge in [0.2, 0.25) is 12.6 Å². The fourth-order valence-electron chi connectivity index (χ4n) is 5.02. The molecule has 0 bridgehead atoms. The van der Waals surface area contributed by atoms with Gasteiger partial charge in [-0.05, 0) is 31.4 Å². The number of hydrogen-bond acceptors (Lipinski definition) is 10. The van der Waals surface area contributed by atoms with E-state index >= 15 is 0 Å². The molecule has 0 amide bonds. The maximum absolute atomic E-state index is 12.5. The highest BCUT2D eigenvalue weighted by Crippen LogP contribution is 2.49. The Kier molecular flexibility index (Phi) is 7.79. The van der Waals surface area contributed by atoms with E-state index < -0.39 is 73.0 Å². The first-order valence-electron chi connectivity index (χ1n) is 11.6. The zero-order chi connectivity index (χ0) is 26.0. The smallest absolute Gasteiger partial charge is 0.334 e. The molecule has 9 atom stereocenters. The van der Waals surface area contributed by atoms with Gasteiger partial charge in [-0.1, -0.05) is 30.3 Å². The number of carboxylic acid groups (broad SMARTS) is 1. The van der Waals surface area contributed by atoms with Gasteiger partial charge >= 0.3 is 11.9 Å². The Morgan fingerprint density at radius 1 is 1.17 bits per heavy atom. The number of fused-ring (bicyclic) bond motifs is 1. The van der Waals surface area contributed by atoms with Crippen LogP contribution in [0.3, 0.4) is 0 Å². The van der Waals surface area contributed by atoms with Crippen LogP contribution in [0.2, 0.25) is 0 Å². The minimum absolute atomic E-state index is 0.0000869. The molecule has 1 aromatic carbocycles. The van der Waals surface area contributed by atoms with E-state index in [2.05, 4.69) is 0 Å². The fraction of sp³-hybridized carbons (Fsp3) is 0.520. The molecule has 4 rings (SSSR count). The molecule has 2 fully saturated rings. The van der Waals surface area contributed by atoms with E-state index in [9.17, 15) is 35.1 Å². The van der Waals surface area contributed by atoms with Crippen molar-refractivity contribution in [3.63, 3.8) is 0 Å². The third-order valence-electron chi connectivity index (χ3n) is 6.94. The monoisotopic (exact) mass is 506 g/mol. The van der Waals surface area contributed by atoms with Crippen molar-refractivity contribution < 1.29 is 54.1 Å². The molecule has 2 heterocycles. The molecule has 1 saturated heterocycles. The first-order chi connectivity index (χ1) is 17.1. The molecule has 0 spiro atoms. The van der Waals surface area contributed by atoms with Crippen molar-refractivity contribution in [2.75, 3.05) is 6.61 Å². The summed E-state index contributed by atoms with van der Waals surface area (Å²) in [5.74, 6) is -3.40. The number of carbonyl (C=O) groups is 2. The molecule has 1 saturated carbocycles. The lowest BCUT2D eigenvalue weighted by atomic mass is 9.81. The number of carboxylic acids is 1. The molecule has 36 heavy (non-hydrogen) atoms. The number of carbonyl (C=O) groups excluding carboxylic acids is 1. The first-order valence-corrected chi connectivity index (χ1v) is 11.6. The zero-order valence-electron chi connectivity index (χ0n) is 19.5. The highest BCUT2D eigenvalue weighted by atomic mass is 16.8. The summed E-state index contributed by atoms with van der Waals surface area (Å²) in [6, 6.07) is 8.94. The molecular weight excluding hydrogens is 476 g/mol. The van der Waals surface area contributed by atoms with Crippen LogP contribution in [-0.2, 0) is 28.5 Å². The number of aliphatic hydroxyl groups is 4. The van der Waals surface area contributed by atoms with Crippen LogP contribution >= 0.6 is 0 Å². The highest BCUT2D eigenvalue weighted by molar-refractivity contribution is 5.87. The minimum atomic E-state index is -1.68. The van der Waals surface area contributed by atoms with E-state index in [-0.39, 0.29) is 5.57 Å². The molecule has 11 heteroatoms. The van der Waals surface area contributed by atoms with Gasteiger partial charge in [-0.2, -0.15) is 0 Å². The third kappa shape index (κ3) is 5.31. The molecule has 1 aromatic rings. The predicted octanol–water partition coefficient (Wildman–Crippen LogP) is 0.169. The number of ether oxygens (including phenoxy) is 4. The highest BCUT2D eigenvalue weighted by Gasteiger charge is 2.56. The summed E-state index contributed by atoms with van der Waals surface area (Å²) in [4.78, 5) is 24.2. The van der Waals surface area contributed by atoms with E-state index in [4.69, 9.17) is 18.9 Å². The standard InChI is InChI=1S/C25H30O11/c1-25(32)10-9-14-15(22(30)31)12-33-23(18(14)25)36-24-21(20(29)19(28)16(11-26)34-24)35-17(27)8-7-13-5-3-2-4-6-13/h2-8,12,14,16,18-21,23-24,26,28-29,32H,9-11H2,1H3,(H,30,31)/b8-7+/t14-,16-,18-,19-,20+,21-,23+,24+,25-/m1/s1. The quantitative estimate of drug-likeness (QED) is 0.252. The van der Waals surface area contributed by atoms with Gasteiger partial charge in [0, 0.05) is 12.0 Å². The minimum Gasteiger partial charge on any atom is -0.478 e. The molecule has 0 radical (unpaired) electrons. The summed E-state index contributed by atoms with van der Waals surface area (Å²) in [6.07, 6.45) is -4.38. The Hall–Kier alpha value is -2.80. The van der Waals surface area contributed by atoms with E-state index in [0.717, 1.165) is 17.9 Å². The van der Waals surface area contributed by atoms with Crippen molar-refractivity contribution in [2.24, 2.45) is 11.8 Å². The third-order valence-corrected chi connectivity index (χ3v) is 6.94. The molecule has 3 aliphatic rings. The second-order valence-corrected chi connectivity index (χ2v) is 9.40. The van der Waals surface area contributed by atoms with Crippen molar-refractivity contribution >= 4 is 18.0 Å². The van der Waals surface area contributed by atoms with Crippen molar-refractivity contribution in [2.45, 2.75) is 62.4 Å². The van der Waals surface area contributed by atoms with Crippen molar-refractivity contribution in [3.05, 3.63) is 53.8 Å². The Bertz CT molecular complexity index is 1000. The van der Waals surface area contributed by atoms with Crippen molar-refractivity contribution in [3.8, 4) is 0 Å². The van der Waals surface area contributed by atoms with Crippen LogP contribution in [0, 0.1) is 11.8 Å². The average molecular weight is 507 g/mol. The van der Waals surface area contributed by atoms with Gasteiger partial charge in [0.05, 0.1) is 30.0 Å². The summed E-state index contributed by atoms with van der Waals surface area (Å²) >= 11 is 0. The Labute approximate surface area is 207 Å². The van der Waals surface area contributed by atoms with Crippen LogP contribution < -0.4 is 0 Å². The Morgan fingerprint density at radius 3 is 2.56 bits per heavy atom. The first kappa shape index (κ1) is 26.3. The maximum atomic E-state index is 12.5. The van der Waals surface area contributed by atoms with E-state index in [1.54, 1.807) is 31.2 Å². The number of rotatable bonds is 7. The number of benzene rings is 1. The molecule has 0 unspecified atom stereocenters. The summed E-state index contributed by atoms with van der Waals surface area (Å²) in [5.41, 5.74) is -0.605. The van der Waals surface area contributed by atoms with Crippen LogP contribution in [-0.4, -0.2) is 86.7 Å². The summed E-state index contributed by atoms with van der Waals surface area (Å²) in [7, 11) is 0. The summed E-state index contributed by atoms with van der Waals surface area (Å²) in [6.45, 7) is 0.885. The Balaban J connectivity index is 1.55. The second kappa shape index (κ2) is 10.7. The van der Waals surface area contributed by atoms with Crippen LogP contribution in [0.25, 0.3) is 6.08 Å². The molecule has 11 nitrogen and oxygen atoms in total. The largest absolute Gasteiger partial charge is 0.478 e. The van der Waals surface area contributed by atoms with Gasteiger partial charge in [-0.3, -0.25) is 0 Å². The topological polar surface area (TPSA) is 172 Å². The molecule has 2 aliphatic heterocycles. The van der Waals surface area contributed by atoms with Crippen LogP contribution in [0.15, 0.2) is 48.2 Å². The lowest BCUT2D eigenvalue weighted by Crippen LogP contribution is -2.61. The number of hydrogen-bond donors (Lipinski definition) is 5. The van der Waals surface area contributed by atoms with Gasteiger partial charge in [0.25, 0.3) is 0 Å². The number of aliphatic carboxylic acids is 1. The molecule has 196 valence electrons. The van der Waals surface area contributed by atoms with Gasteiger partial charge in [0.15, 0.2) is 6.10 Å².